The average molecular weight is 404 g/mol. The standard InChI is InChI=1S/C20H26ClN5O2/c1-22-19(27)25-8-2-3-17(12-25)26(16-5-6-16)20(28)23-11-15-10-13-9-14(21)4-7-18(13)24-15/h4,7,9-10,16-17,24H,2-3,5-6,8,11-12H2,1H3,(H,22,27)(H,23,28)/t17-/m1/s1. The number of H-pyrrole nitrogens is 1. The van der Waals surface area contributed by atoms with Crippen LogP contribution in [0.25, 0.3) is 10.9 Å². The van der Waals surface area contributed by atoms with Crippen LogP contribution < -0.4 is 10.6 Å². The third-order valence-corrected chi connectivity index (χ3v) is 5.77. The van der Waals surface area contributed by atoms with E-state index in [1.165, 1.54) is 0 Å². The summed E-state index contributed by atoms with van der Waals surface area (Å²) in [5, 5.41) is 7.47. The molecule has 0 radical (unpaired) electrons. The molecule has 7 nitrogen and oxygen atoms in total. The van der Waals surface area contributed by atoms with E-state index < -0.39 is 0 Å². The Labute approximate surface area is 169 Å². The van der Waals surface area contributed by atoms with Gasteiger partial charge in [0.2, 0.25) is 0 Å². The van der Waals surface area contributed by atoms with Gasteiger partial charge in [0, 0.05) is 47.8 Å². The van der Waals surface area contributed by atoms with Gasteiger partial charge in [-0.2, -0.15) is 0 Å². The number of hydrogen-bond donors (Lipinski definition) is 3. The van der Waals surface area contributed by atoms with E-state index in [0.29, 0.717) is 18.1 Å². The molecular formula is C20H26ClN5O2. The quantitative estimate of drug-likeness (QED) is 0.732. The normalized spacial score (nSPS) is 19.5. The highest BCUT2D eigenvalue weighted by atomic mass is 35.5. The van der Waals surface area contributed by atoms with Crippen LogP contribution in [0.3, 0.4) is 0 Å². The van der Waals surface area contributed by atoms with E-state index in [1.54, 1.807) is 11.9 Å². The van der Waals surface area contributed by atoms with Crippen molar-refractivity contribution in [1.82, 2.24) is 25.4 Å². The lowest BCUT2D eigenvalue weighted by atomic mass is 10.0. The van der Waals surface area contributed by atoms with Crippen LogP contribution in [0.2, 0.25) is 5.02 Å². The number of hydrogen-bond acceptors (Lipinski definition) is 2. The third-order valence-electron chi connectivity index (χ3n) is 5.53. The van der Waals surface area contributed by atoms with Crippen molar-refractivity contribution in [3.05, 3.63) is 35.0 Å². The molecule has 1 atom stereocenters. The molecule has 4 amide bonds. The van der Waals surface area contributed by atoms with Gasteiger partial charge in [0.1, 0.15) is 0 Å². The van der Waals surface area contributed by atoms with Crippen molar-refractivity contribution in [3.8, 4) is 0 Å². The molecule has 2 aliphatic rings. The molecule has 1 saturated heterocycles. The minimum Gasteiger partial charge on any atom is -0.357 e. The SMILES string of the molecule is CNC(=O)N1CCC[C@@H](N(C(=O)NCc2cc3cc(Cl)ccc3[nH]2)C2CC2)C1. The molecular weight excluding hydrogens is 378 g/mol. The van der Waals surface area contributed by atoms with Gasteiger partial charge in [0.15, 0.2) is 0 Å². The van der Waals surface area contributed by atoms with Gasteiger partial charge in [0.05, 0.1) is 12.6 Å². The zero-order chi connectivity index (χ0) is 19.7. The molecule has 2 aromatic rings. The van der Waals surface area contributed by atoms with Crippen LogP contribution in [-0.2, 0) is 6.54 Å². The summed E-state index contributed by atoms with van der Waals surface area (Å²) in [6.45, 7) is 1.77. The summed E-state index contributed by atoms with van der Waals surface area (Å²) >= 11 is 6.05. The molecule has 4 rings (SSSR count). The first-order valence-electron chi connectivity index (χ1n) is 9.85. The number of carbonyl (C=O) groups excluding carboxylic acids is 2. The number of piperidine rings is 1. The van der Waals surface area contributed by atoms with Crippen LogP contribution in [0.4, 0.5) is 9.59 Å². The molecule has 1 saturated carbocycles. The number of halogens is 1. The minimum atomic E-state index is -0.0717. The first-order valence-corrected chi connectivity index (χ1v) is 10.2. The van der Waals surface area contributed by atoms with Crippen LogP contribution in [0.5, 0.6) is 0 Å². The number of aromatic nitrogens is 1. The van der Waals surface area contributed by atoms with E-state index in [4.69, 9.17) is 11.6 Å². The monoisotopic (exact) mass is 403 g/mol. The lowest BCUT2D eigenvalue weighted by Gasteiger charge is -2.39. The molecule has 3 N–H and O–H groups in total. The van der Waals surface area contributed by atoms with Crippen molar-refractivity contribution in [1.29, 1.82) is 0 Å². The molecule has 2 fully saturated rings. The lowest BCUT2D eigenvalue weighted by molar-refractivity contribution is 0.116. The minimum absolute atomic E-state index is 0.0528. The Balaban J connectivity index is 1.41. The molecule has 0 bridgehead atoms. The van der Waals surface area contributed by atoms with Crippen molar-refractivity contribution in [2.75, 3.05) is 20.1 Å². The largest absolute Gasteiger partial charge is 0.357 e. The Morgan fingerprint density at radius 2 is 2.07 bits per heavy atom. The third kappa shape index (κ3) is 4.04. The van der Waals surface area contributed by atoms with Gasteiger partial charge in [0.25, 0.3) is 0 Å². The molecule has 1 aromatic heterocycles. The molecule has 28 heavy (non-hydrogen) atoms. The molecule has 1 aromatic carbocycles. The average Bonchev–Trinajstić information content (AvgIpc) is 3.44. The van der Waals surface area contributed by atoms with Crippen LogP contribution in [0.1, 0.15) is 31.4 Å². The Morgan fingerprint density at radius 1 is 1.25 bits per heavy atom. The second-order valence-corrected chi connectivity index (χ2v) is 8.06. The zero-order valence-electron chi connectivity index (χ0n) is 16.0. The summed E-state index contributed by atoms with van der Waals surface area (Å²) in [4.78, 5) is 32.1. The van der Waals surface area contributed by atoms with E-state index in [0.717, 1.165) is 48.8 Å². The highest BCUT2D eigenvalue weighted by Crippen LogP contribution is 2.31. The van der Waals surface area contributed by atoms with Crippen LogP contribution in [0.15, 0.2) is 24.3 Å². The molecule has 2 heterocycles. The number of nitrogens with zero attached hydrogens (tertiary/aromatic N) is 2. The van der Waals surface area contributed by atoms with Crippen LogP contribution in [0, 0.1) is 0 Å². The predicted octanol–water partition coefficient (Wildman–Crippen LogP) is 3.30. The fraction of sp³-hybridized carbons (Fsp3) is 0.500. The maximum Gasteiger partial charge on any atom is 0.318 e. The van der Waals surface area contributed by atoms with E-state index >= 15 is 0 Å². The van der Waals surface area contributed by atoms with Crippen LogP contribution >= 0.6 is 11.6 Å². The van der Waals surface area contributed by atoms with E-state index in [1.807, 2.05) is 29.2 Å². The Hall–Kier alpha value is -2.41. The smallest absolute Gasteiger partial charge is 0.318 e. The van der Waals surface area contributed by atoms with Crippen molar-refractivity contribution >= 4 is 34.6 Å². The second-order valence-electron chi connectivity index (χ2n) is 7.62. The summed E-state index contributed by atoms with van der Waals surface area (Å²) in [5.74, 6) is 0. The van der Waals surface area contributed by atoms with Gasteiger partial charge in [-0.3, -0.25) is 0 Å². The molecule has 8 heteroatoms. The summed E-state index contributed by atoms with van der Waals surface area (Å²) in [5.41, 5.74) is 1.94. The van der Waals surface area contributed by atoms with Crippen molar-refractivity contribution in [2.45, 2.75) is 44.3 Å². The Kier molecular flexibility index (Phi) is 5.35. The van der Waals surface area contributed by atoms with Gasteiger partial charge >= 0.3 is 12.1 Å². The molecule has 0 unspecified atom stereocenters. The van der Waals surface area contributed by atoms with Crippen molar-refractivity contribution in [2.24, 2.45) is 0 Å². The fourth-order valence-electron chi connectivity index (χ4n) is 4.03. The number of likely N-dealkylation sites (tertiary alicyclic amines) is 1. The molecule has 1 aliphatic heterocycles. The van der Waals surface area contributed by atoms with Gasteiger partial charge < -0.3 is 25.4 Å². The highest BCUT2D eigenvalue weighted by molar-refractivity contribution is 6.31. The number of fused-ring (bicyclic) bond motifs is 1. The molecule has 0 spiro atoms. The number of urea groups is 2. The van der Waals surface area contributed by atoms with E-state index in [9.17, 15) is 9.59 Å². The number of rotatable bonds is 4. The maximum atomic E-state index is 13.0. The van der Waals surface area contributed by atoms with Crippen molar-refractivity contribution < 1.29 is 9.59 Å². The first kappa shape index (κ1) is 18.9. The summed E-state index contributed by atoms with van der Waals surface area (Å²) in [6.07, 6.45) is 3.92. The summed E-state index contributed by atoms with van der Waals surface area (Å²) in [7, 11) is 1.64. The number of aromatic amines is 1. The van der Waals surface area contributed by atoms with E-state index in [-0.39, 0.29) is 24.1 Å². The summed E-state index contributed by atoms with van der Waals surface area (Å²) < 4.78 is 0. The fourth-order valence-corrected chi connectivity index (χ4v) is 4.21. The van der Waals surface area contributed by atoms with E-state index in [2.05, 4.69) is 15.6 Å². The van der Waals surface area contributed by atoms with Crippen LogP contribution in [-0.4, -0.2) is 59.1 Å². The molecule has 1 aliphatic carbocycles. The first-order chi connectivity index (χ1) is 13.5. The topological polar surface area (TPSA) is 80.5 Å². The maximum absolute atomic E-state index is 13.0. The van der Waals surface area contributed by atoms with Gasteiger partial charge in [-0.1, -0.05) is 11.6 Å². The number of amides is 4. The lowest BCUT2D eigenvalue weighted by Crippen LogP contribution is -2.56. The molecule has 150 valence electrons. The van der Waals surface area contributed by atoms with Gasteiger partial charge in [-0.15, -0.1) is 0 Å². The number of carbonyl (C=O) groups is 2. The summed E-state index contributed by atoms with van der Waals surface area (Å²) in [6, 6.07) is 7.94. The second kappa shape index (κ2) is 7.91. The van der Waals surface area contributed by atoms with Crippen molar-refractivity contribution in [3.63, 3.8) is 0 Å². The van der Waals surface area contributed by atoms with Gasteiger partial charge in [-0.25, -0.2) is 9.59 Å². The van der Waals surface area contributed by atoms with Gasteiger partial charge in [-0.05, 0) is 49.9 Å². The zero-order valence-corrected chi connectivity index (χ0v) is 16.8. The highest BCUT2D eigenvalue weighted by Gasteiger charge is 2.39. The Bertz CT molecular complexity index is 879. The number of nitrogens with one attached hydrogen (secondary N) is 3. The Morgan fingerprint density at radius 3 is 2.82 bits per heavy atom. The predicted molar refractivity (Wildman–Crippen MR) is 109 cm³/mol. The number of benzene rings is 1.